The minimum Gasteiger partial charge on any atom is -0.870 e. The molecule has 1 aliphatic rings. The topological polar surface area (TPSA) is 75.4 Å². The molecule has 27 heavy (non-hydrogen) atoms. The van der Waals surface area contributed by atoms with E-state index < -0.39 is 0 Å². The van der Waals surface area contributed by atoms with E-state index in [1.807, 2.05) is 0 Å². The van der Waals surface area contributed by atoms with E-state index in [1.54, 1.807) is 19.1 Å². The number of hydrogen-bond donors (Lipinski definition) is 1. The highest BCUT2D eigenvalue weighted by Gasteiger charge is 2.29. The number of thiophene rings is 1. The molecule has 1 atom stereocenters. The van der Waals surface area contributed by atoms with E-state index in [9.17, 15) is 9.90 Å². The van der Waals surface area contributed by atoms with Gasteiger partial charge in [0.25, 0.3) is 0 Å². The van der Waals surface area contributed by atoms with Crippen LogP contribution in [-0.2, 0) is 17.7 Å². The summed E-state index contributed by atoms with van der Waals surface area (Å²) < 4.78 is 11.1. The lowest BCUT2D eigenvalue weighted by Gasteiger charge is -2.19. The molecule has 2 aromatic rings. The van der Waals surface area contributed by atoms with E-state index >= 15 is 0 Å². The molecule has 0 amide bonds. The zero-order chi connectivity index (χ0) is 19.6. The predicted octanol–water partition coefficient (Wildman–Crippen LogP) is 2.09. The maximum atomic E-state index is 12.5. The number of fused-ring (bicyclic) bond motifs is 1. The summed E-state index contributed by atoms with van der Waals surface area (Å²) in [5, 5.41) is 13.0. The van der Waals surface area contributed by atoms with Gasteiger partial charge < -0.3 is 19.5 Å². The van der Waals surface area contributed by atoms with Crippen molar-refractivity contribution in [3.63, 3.8) is 0 Å². The molecular formula is C19H21BrN2O4S. The second kappa shape index (κ2) is 8.41. The number of carbonyl (C=O) groups is 1. The fourth-order valence-electron chi connectivity index (χ4n) is 3.08. The SMILES string of the molecule is CCOC(=O)c1c(N=Cc2cc(Br)cc(OC)c2[O-])sc2c1CC[NH+](C)C2. The van der Waals surface area contributed by atoms with E-state index in [0.29, 0.717) is 22.7 Å². The van der Waals surface area contributed by atoms with Crippen molar-refractivity contribution in [3.8, 4) is 11.5 Å². The van der Waals surface area contributed by atoms with Crippen molar-refractivity contribution in [1.82, 2.24) is 0 Å². The number of quaternary nitrogens is 1. The zero-order valence-electron chi connectivity index (χ0n) is 15.4. The highest BCUT2D eigenvalue weighted by atomic mass is 79.9. The second-order valence-electron chi connectivity index (χ2n) is 6.32. The third kappa shape index (κ3) is 4.17. The van der Waals surface area contributed by atoms with Crippen molar-refractivity contribution >= 4 is 44.5 Å². The van der Waals surface area contributed by atoms with Crippen LogP contribution >= 0.6 is 27.3 Å². The number of hydrogen-bond acceptors (Lipinski definition) is 6. The number of halogens is 1. The summed E-state index contributed by atoms with van der Waals surface area (Å²) in [6, 6.07) is 3.30. The first-order valence-corrected chi connectivity index (χ1v) is 10.3. The van der Waals surface area contributed by atoms with Gasteiger partial charge in [-0.05, 0) is 30.2 Å². The Morgan fingerprint density at radius 1 is 1.48 bits per heavy atom. The Labute approximate surface area is 170 Å². The van der Waals surface area contributed by atoms with Gasteiger partial charge in [0.15, 0.2) is 0 Å². The van der Waals surface area contributed by atoms with Gasteiger partial charge in [0.2, 0.25) is 0 Å². The first-order valence-electron chi connectivity index (χ1n) is 8.66. The number of nitrogens with zero attached hydrogens (tertiary/aromatic N) is 1. The fourth-order valence-corrected chi connectivity index (χ4v) is 4.82. The molecule has 0 aliphatic carbocycles. The highest BCUT2D eigenvalue weighted by Crippen LogP contribution is 2.38. The van der Waals surface area contributed by atoms with Gasteiger partial charge in [-0.3, -0.25) is 0 Å². The first kappa shape index (κ1) is 19.9. The van der Waals surface area contributed by atoms with Crippen molar-refractivity contribution in [1.29, 1.82) is 0 Å². The van der Waals surface area contributed by atoms with Gasteiger partial charge in [-0.25, -0.2) is 9.79 Å². The van der Waals surface area contributed by atoms with Crippen LogP contribution < -0.4 is 14.7 Å². The van der Waals surface area contributed by atoms with Crippen molar-refractivity contribution in [2.75, 3.05) is 27.3 Å². The van der Waals surface area contributed by atoms with Crippen LogP contribution in [0.25, 0.3) is 0 Å². The highest BCUT2D eigenvalue weighted by molar-refractivity contribution is 9.10. The Balaban J connectivity index is 2.03. The summed E-state index contributed by atoms with van der Waals surface area (Å²) in [4.78, 5) is 19.6. The van der Waals surface area contributed by atoms with E-state index in [1.165, 1.54) is 29.6 Å². The molecule has 0 saturated carbocycles. The zero-order valence-corrected chi connectivity index (χ0v) is 17.8. The van der Waals surface area contributed by atoms with E-state index in [-0.39, 0.29) is 17.5 Å². The third-order valence-electron chi connectivity index (χ3n) is 4.40. The summed E-state index contributed by atoms with van der Waals surface area (Å²) >= 11 is 4.87. The maximum absolute atomic E-state index is 12.5. The van der Waals surface area contributed by atoms with Crippen LogP contribution in [0.5, 0.6) is 11.5 Å². The molecule has 0 spiro atoms. The number of rotatable bonds is 5. The molecule has 0 bridgehead atoms. The largest absolute Gasteiger partial charge is 0.870 e. The fraction of sp³-hybridized carbons (Fsp3) is 0.368. The molecule has 2 heterocycles. The molecule has 1 aromatic carbocycles. The predicted molar refractivity (Wildman–Crippen MR) is 107 cm³/mol. The monoisotopic (exact) mass is 452 g/mol. The van der Waals surface area contributed by atoms with Crippen LogP contribution in [0.4, 0.5) is 5.00 Å². The van der Waals surface area contributed by atoms with Gasteiger partial charge >= 0.3 is 5.97 Å². The van der Waals surface area contributed by atoms with Crippen LogP contribution in [0.3, 0.4) is 0 Å². The average Bonchev–Trinajstić information content (AvgIpc) is 2.99. The Morgan fingerprint density at radius 2 is 2.26 bits per heavy atom. The third-order valence-corrected chi connectivity index (χ3v) is 6.00. The molecule has 1 aliphatic heterocycles. The molecule has 8 heteroatoms. The first-order chi connectivity index (χ1) is 12.9. The lowest BCUT2D eigenvalue weighted by molar-refractivity contribution is -0.895. The molecule has 1 N–H and O–H groups in total. The Morgan fingerprint density at radius 3 is 2.96 bits per heavy atom. The van der Waals surface area contributed by atoms with Crippen LogP contribution in [-0.4, -0.2) is 39.5 Å². The standard InChI is InChI=1S/C19H21BrN2O4S/c1-4-26-19(24)16-13-5-6-22(2)10-15(13)27-18(16)21-9-11-7-12(20)8-14(25-3)17(11)23/h7-9,23H,4-6,10H2,1-3H3. The summed E-state index contributed by atoms with van der Waals surface area (Å²) in [5.74, 6) is -0.351. The van der Waals surface area contributed by atoms with Gasteiger partial charge in [0.1, 0.15) is 22.9 Å². The average molecular weight is 453 g/mol. The quantitative estimate of drug-likeness (QED) is 0.556. The number of esters is 1. The molecule has 144 valence electrons. The van der Waals surface area contributed by atoms with Gasteiger partial charge in [0.05, 0.1) is 32.2 Å². The molecule has 3 rings (SSSR count). The lowest BCUT2D eigenvalue weighted by Crippen LogP contribution is -3.08. The number of benzene rings is 1. The van der Waals surface area contributed by atoms with Crippen molar-refractivity contribution in [2.45, 2.75) is 19.9 Å². The number of carbonyl (C=O) groups excluding carboxylic acids is 1. The molecule has 0 fully saturated rings. The lowest BCUT2D eigenvalue weighted by atomic mass is 10.0. The van der Waals surface area contributed by atoms with E-state index in [4.69, 9.17) is 9.47 Å². The van der Waals surface area contributed by atoms with Gasteiger partial charge in [-0.15, -0.1) is 11.3 Å². The van der Waals surface area contributed by atoms with Crippen LogP contribution in [0, 0.1) is 0 Å². The number of aliphatic imine (C=N–C) groups is 1. The number of ether oxygens (including phenoxy) is 2. The van der Waals surface area contributed by atoms with Gasteiger partial charge in [-0.2, -0.15) is 0 Å². The second-order valence-corrected chi connectivity index (χ2v) is 8.32. The van der Waals surface area contributed by atoms with Crippen molar-refractivity contribution in [2.24, 2.45) is 4.99 Å². The van der Waals surface area contributed by atoms with E-state index in [2.05, 4.69) is 28.0 Å². The smallest absolute Gasteiger partial charge is 0.341 e. The maximum Gasteiger partial charge on any atom is 0.341 e. The Kier molecular flexibility index (Phi) is 6.18. The van der Waals surface area contributed by atoms with Gasteiger partial charge in [0, 0.05) is 17.1 Å². The summed E-state index contributed by atoms with van der Waals surface area (Å²) in [6.07, 6.45) is 2.31. The minimum absolute atomic E-state index is 0.243. The number of nitrogens with one attached hydrogen (secondary N) is 1. The normalized spacial score (nSPS) is 16.4. The van der Waals surface area contributed by atoms with Gasteiger partial charge in [-0.1, -0.05) is 21.7 Å². The van der Waals surface area contributed by atoms with Crippen molar-refractivity contribution in [3.05, 3.63) is 38.2 Å². The molecule has 0 radical (unpaired) electrons. The van der Waals surface area contributed by atoms with E-state index in [0.717, 1.165) is 34.4 Å². The number of methoxy groups -OCH3 is 1. The van der Waals surface area contributed by atoms with Crippen molar-refractivity contribution < 1.29 is 24.3 Å². The minimum atomic E-state index is -0.351. The number of likely N-dealkylation sites (N-methyl/N-ethyl adjacent to an activating group) is 1. The molecular weight excluding hydrogens is 432 g/mol. The molecule has 6 nitrogen and oxygen atoms in total. The van der Waals surface area contributed by atoms with Crippen LogP contribution in [0.15, 0.2) is 21.6 Å². The molecule has 1 unspecified atom stereocenters. The Bertz CT molecular complexity index is 894. The summed E-state index contributed by atoms with van der Waals surface area (Å²) in [6.45, 7) is 3.92. The van der Waals surface area contributed by atoms with Crippen LogP contribution in [0.2, 0.25) is 0 Å². The molecule has 0 saturated heterocycles. The molecule has 1 aromatic heterocycles. The summed E-state index contributed by atoms with van der Waals surface area (Å²) in [7, 11) is 3.59. The summed E-state index contributed by atoms with van der Waals surface area (Å²) in [5.41, 5.74) is 1.96. The van der Waals surface area contributed by atoms with Crippen LogP contribution in [0.1, 0.15) is 33.3 Å². The Hall–Kier alpha value is -1.90.